The number of carbonyl (C=O) groups is 2. The first-order valence-electron chi connectivity index (χ1n) is 6.50. The number of hydrogen-bond donors (Lipinski definition) is 1. The zero-order valence-corrected chi connectivity index (χ0v) is 15.7. The summed E-state index contributed by atoms with van der Waals surface area (Å²) in [6.07, 6.45) is -2.24. The summed E-state index contributed by atoms with van der Waals surface area (Å²) < 4.78 is 12.3. The highest BCUT2D eigenvalue weighted by molar-refractivity contribution is 6.67. The normalized spacial score (nSPS) is 13.2. The molecule has 0 heterocycles. The Hall–Kier alpha value is -0.920. The molecule has 24 heavy (non-hydrogen) atoms. The van der Waals surface area contributed by atoms with Crippen LogP contribution in [0.15, 0.2) is 30.3 Å². The monoisotopic (exact) mass is 419 g/mol. The van der Waals surface area contributed by atoms with Gasteiger partial charge in [0.25, 0.3) is 0 Å². The zero-order chi connectivity index (χ0) is 17.5. The molecule has 0 aromatic heterocycles. The van der Waals surface area contributed by atoms with Crippen LogP contribution in [-0.4, -0.2) is 41.8 Å². The van der Waals surface area contributed by atoms with Crippen LogP contribution < -0.4 is 5.73 Å². The number of rotatable bonds is 6. The predicted molar refractivity (Wildman–Crippen MR) is 93.9 cm³/mol. The second kappa shape index (κ2) is 10.8. The van der Waals surface area contributed by atoms with Gasteiger partial charge < -0.3 is 19.9 Å². The Morgan fingerprint density at radius 3 is 2.29 bits per heavy atom. The molecule has 0 saturated carbocycles. The molecule has 0 bridgehead atoms. The minimum Gasteiger partial charge on any atom is -0.466 e. The van der Waals surface area contributed by atoms with Crippen LogP contribution in [0, 0.1) is 0 Å². The maximum absolute atomic E-state index is 11.8. The first-order chi connectivity index (χ1) is 10.7. The SMILES string of the molecule is COC(=O)[C@H](OC(=O)OCC(Cl)(Cl)Cl)[C@@H](N)Cc1ccccc1.Cl. The lowest BCUT2D eigenvalue weighted by Crippen LogP contribution is -2.46. The lowest BCUT2D eigenvalue weighted by molar-refractivity contribution is -0.153. The summed E-state index contributed by atoms with van der Waals surface area (Å²) in [7, 11) is 1.15. The Labute approximate surface area is 160 Å². The highest BCUT2D eigenvalue weighted by Gasteiger charge is 2.32. The van der Waals surface area contributed by atoms with Gasteiger partial charge in [0.15, 0.2) is 0 Å². The number of methoxy groups -OCH3 is 1. The molecule has 0 unspecified atom stereocenters. The van der Waals surface area contributed by atoms with Crippen molar-refractivity contribution in [3.63, 3.8) is 0 Å². The molecule has 0 saturated heterocycles. The van der Waals surface area contributed by atoms with Crippen LogP contribution in [0.1, 0.15) is 5.56 Å². The lowest BCUT2D eigenvalue weighted by Gasteiger charge is -2.22. The summed E-state index contributed by atoms with van der Waals surface area (Å²) in [6.45, 7) is -0.529. The van der Waals surface area contributed by atoms with Crippen LogP contribution in [0.4, 0.5) is 4.79 Å². The van der Waals surface area contributed by atoms with Gasteiger partial charge in [-0.05, 0) is 12.0 Å². The van der Waals surface area contributed by atoms with Crippen molar-refractivity contribution < 1.29 is 23.8 Å². The second-order valence-corrected chi connectivity index (χ2v) is 7.09. The van der Waals surface area contributed by atoms with E-state index in [0.29, 0.717) is 6.42 Å². The molecule has 2 atom stereocenters. The third-order valence-corrected chi connectivity index (χ3v) is 3.04. The van der Waals surface area contributed by atoms with Crippen LogP contribution in [0.2, 0.25) is 0 Å². The van der Waals surface area contributed by atoms with Gasteiger partial charge in [0.1, 0.15) is 6.61 Å². The third kappa shape index (κ3) is 8.80. The van der Waals surface area contributed by atoms with E-state index in [1.165, 1.54) is 0 Å². The predicted octanol–water partition coefficient (Wildman–Crippen LogP) is 3.04. The van der Waals surface area contributed by atoms with Gasteiger partial charge in [0, 0.05) is 0 Å². The highest BCUT2D eigenvalue weighted by Crippen LogP contribution is 2.26. The van der Waals surface area contributed by atoms with E-state index in [2.05, 4.69) is 9.47 Å². The summed E-state index contributed by atoms with van der Waals surface area (Å²) in [5.74, 6) is -0.806. The van der Waals surface area contributed by atoms with Crippen molar-refractivity contribution in [3.05, 3.63) is 35.9 Å². The van der Waals surface area contributed by atoms with Gasteiger partial charge in [0.05, 0.1) is 13.2 Å². The average molecular weight is 421 g/mol. The van der Waals surface area contributed by atoms with Crippen molar-refractivity contribution in [1.29, 1.82) is 0 Å². The van der Waals surface area contributed by atoms with E-state index in [9.17, 15) is 9.59 Å². The average Bonchev–Trinajstić information content (AvgIpc) is 2.50. The fourth-order valence-corrected chi connectivity index (χ4v) is 1.86. The minimum absolute atomic E-state index is 0. The van der Waals surface area contributed by atoms with Gasteiger partial charge in [-0.15, -0.1) is 12.4 Å². The number of benzene rings is 1. The fourth-order valence-electron chi connectivity index (χ4n) is 1.70. The van der Waals surface area contributed by atoms with Crippen LogP contribution in [0.3, 0.4) is 0 Å². The van der Waals surface area contributed by atoms with Crippen LogP contribution >= 0.6 is 47.2 Å². The summed E-state index contributed by atoms with van der Waals surface area (Å²) in [5.41, 5.74) is 6.81. The van der Waals surface area contributed by atoms with E-state index >= 15 is 0 Å². The van der Waals surface area contributed by atoms with Crippen LogP contribution in [0.25, 0.3) is 0 Å². The molecule has 1 rings (SSSR count). The lowest BCUT2D eigenvalue weighted by atomic mass is 10.0. The summed E-state index contributed by atoms with van der Waals surface area (Å²) >= 11 is 16.4. The topological polar surface area (TPSA) is 87.8 Å². The highest BCUT2D eigenvalue weighted by atomic mass is 35.6. The Kier molecular flexibility index (Phi) is 10.4. The van der Waals surface area contributed by atoms with Gasteiger partial charge in [-0.25, -0.2) is 9.59 Å². The summed E-state index contributed by atoms with van der Waals surface area (Å²) in [5, 5.41) is 0. The van der Waals surface area contributed by atoms with Gasteiger partial charge in [-0.3, -0.25) is 0 Å². The molecule has 0 aliphatic rings. The van der Waals surface area contributed by atoms with Crippen molar-refractivity contribution >= 4 is 59.3 Å². The van der Waals surface area contributed by atoms with Gasteiger partial charge in [-0.1, -0.05) is 65.1 Å². The molecule has 0 aliphatic carbocycles. The molecular weight excluding hydrogens is 404 g/mol. The van der Waals surface area contributed by atoms with E-state index in [-0.39, 0.29) is 12.4 Å². The molecule has 6 nitrogen and oxygen atoms in total. The van der Waals surface area contributed by atoms with E-state index in [0.717, 1.165) is 12.7 Å². The second-order valence-electron chi connectivity index (χ2n) is 4.57. The van der Waals surface area contributed by atoms with Gasteiger partial charge in [0.2, 0.25) is 9.90 Å². The van der Waals surface area contributed by atoms with Crippen molar-refractivity contribution in [2.45, 2.75) is 22.4 Å². The standard InChI is InChI=1S/C14H16Cl3NO5.ClH/c1-21-12(19)11(23-13(20)22-8-14(15,16)17)10(18)7-9-5-3-2-4-6-9;/h2-6,10-11H,7-8,18H2,1H3;1H/t10-,11+;/m0./s1. The Morgan fingerprint density at radius 1 is 1.21 bits per heavy atom. The van der Waals surface area contributed by atoms with E-state index < -0.39 is 34.7 Å². The first kappa shape index (κ1) is 23.1. The Balaban J connectivity index is 0.00000529. The van der Waals surface area contributed by atoms with Crippen molar-refractivity contribution in [1.82, 2.24) is 0 Å². The van der Waals surface area contributed by atoms with E-state index in [4.69, 9.17) is 45.3 Å². The Morgan fingerprint density at radius 2 is 1.79 bits per heavy atom. The van der Waals surface area contributed by atoms with Crippen molar-refractivity contribution in [3.8, 4) is 0 Å². The third-order valence-electron chi connectivity index (χ3n) is 2.71. The van der Waals surface area contributed by atoms with Gasteiger partial charge >= 0.3 is 12.1 Å². The molecule has 10 heteroatoms. The first-order valence-corrected chi connectivity index (χ1v) is 7.64. The maximum atomic E-state index is 11.8. The van der Waals surface area contributed by atoms with Crippen molar-refractivity contribution in [2.24, 2.45) is 5.73 Å². The number of alkyl halides is 3. The molecule has 2 N–H and O–H groups in total. The smallest absolute Gasteiger partial charge is 0.466 e. The molecule has 0 spiro atoms. The fraction of sp³-hybridized carbons (Fsp3) is 0.429. The summed E-state index contributed by atoms with van der Waals surface area (Å²) in [4.78, 5) is 23.4. The number of ether oxygens (including phenoxy) is 3. The number of halogens is 4. The molecule has 0 radical (unpaired) electrons. The number of nitrogens with two attached hydrogens (primary N) is 1. The number of carbonyl (C=O) groups excluding carboxylic acids is 2. The maximum Gasteiger partial charge on any atom is 0.509 e. The number of esters is 1. The molecule has 1 aromatic carbocycles. The molecule has 0 fully saturated rings. The quantitative estimate of drug-likeness (QED) is 0.562. The molecule has 0 aliphatic heterocycles. The van der Waals surface area contributed by atoms with Crippen molar-refractivity contribution in [2.75, 3.05) is 13.7 Å². The molecule has 1 aromatic rings. The number of hydrogen-bond acceptors (Lipinski definition) is 6. The zero-order valence-electron chi connectivity index (χ0n) is 12.6. The van der Waals surface area contributed by atoms with E-state index in [1.54, 1.807) is 0 Å². The Bertz CT molecular complexity index is 524. The van der Waals surface area contributed by atoms with Crippen LogP contribution in [-0.2, 0) is 25.4 Å². The minimum atomic E-state index is -1.79. The van der Waals surface area contributed by atoms with E-state index in [1.807, 2.05) is 30.3 Å². The molecular formula is C14H17Cl4NO5. The molecule has 136 valence electrons. The molecule has 0 amide bonds. The largest absolute Gasteiger partial charge is 0.509 e. The van der Waals surface area contributed by atoms with Gasteiger partial charge in [-0.2, -0.15) is 0 Å². The van der Waals surface area contributed by atoms with Crippen LogP contribution in [0.5, 0.6) is 0 Å². The summed E-state index contributed by atoms with van der Waals surface area (Å²) in [6, 6.07) is 8.32.